The fraction of sp³-hybridized carbons (Fsp3) is 0.190. The van der Waals surface area contributed by atoms with Crippen LogP contribution in [0.4, 0.5) is 5.82 Å². The molecular formula is C21H18N4O. The zero-order chi connectivity index (χ0) is 18.3. The summed E-state index contributed by atoms with van der Waals surface area (Å²) in [7, 11) is 0. The smallest absolute Gasteiger partial charge is 0.226 e. The molecule has 128 valence electrons. The van der Waals surface area contributed by atoms with E-state index in [1.807, 2.05) is 61.0 Å². The van der Waals surface area contributed by atoms with Crippen LogP contribution in [0.3, 0.4) is 0 Å². The van der Waals surface area contributed by atoms with E-state index in [-0.39, 0.29) is 11.8 Å². The molecule has 26 heavy (non-hydrogen) atoms. The van der Waals surface area contributed by atoms with Crippen LogP contribution in [0.5, 0.6) is 0 Å². The van der Waals surface area contributed by atoms with E-state index in [0.717, 1.165) is 33.9 Å². The van der Waals surface area contributed by atoms with Gasteiger partial charge in [-0.05, 0) is 43.2 Å². The average molecular weight is 342 g/mol. The van der Waals surface area contributed by atoms with Gasteiger partial charge in [0.05, 0.1) is 23.0 Å². The maximum atomic E-state index is 12.4. The molecule has 1 N–H and O–H groups in total. The standard InChI is InChI=1S/C21H18N4O/c1-13-6-3-4-9-18(13)25-21-20(14(2)24-25)17(11-19(26)23-21)16-8-5-7-15(10-16)12-22/h3-10,17H,11H2,1-2H3,(H,23,26)/t17-/m0/s1. The third-order valence-corrected chi connectivity index (χ3v) is 4.86. The van der Waals surface area contributed by atoms with Crippen LogP contribution in [0.25, 0.3) is 5.69 Å². The van der Waals surface area contributed by atoms with Crippen molar-refractivity contribution in [2.45, 2.75) is 26.2 Å². The molecule has 2 heterocycles. The first kappa shape index (κ1) is 16.1. The molecule has 0 fully saturated rings. The van der Waals surface area contributed by atoms with Crippen molar-refractivity contribution < 1.29 is 4.79 Å². The van der Waals surface area contributed by atoms with Crippen molar-refractivity contribution in [1.82, 2.24) is 9.78 Å². The summed E-state index contributed by atoms with van der Waals surface area (Å²) in [5.41, 5.74) is 5.49. The molecule has 0 bridgehead atoms. The Labute approximate surface area is 151 Å². The number of nitriles is 1. The Balaban J connectivity index is 1.90. The minimum Gasteiger partial charge on any atom is -0.310 e. The molecule has 1 amide bonds. The number of anilines is 1. The van der Waals surface area contributed by atoms with Crippen molar-refractivity contribution in [2.75, 3.05) is 5.32 Å². The van der Waals surface area contributed by atoms with Gasteiger partial charge < -0.3 is 5.32 Å². The molecule has 0 spiro atoms. The quantitative estimate of drug-likeness (QED) is 0.769. The third kappa shape index (κ3) is 2.56. The van der Waals surface area contributed by atoms with Crippen molar-refractivity contribution in [3.63, 3.8) is 0 Å². The molecule has 0 saturated carbocycles. The van der Waals surface area contributed by atoms with Crippen molar-refractivity contribution in [2.24, 2.45) is 0 Å². The topological polar surface area (TPSA) is 70.7 Å². The lowest BCUT2D eigenvalue weighted by atomic mass is 9.85. The molecule has 5 nitrogen and oxygen atoms in total. The number of para-hydroxylation sites is 1. The number of hydrogen-bond acceptors (Lipinski definition) is 3. The number of aromatic nitrogens is 2. The van der Waals surface area contributed by atoms with Gasteiger partial charge in [0.25, 0.3) is 0 Å². The first-order chi connectivity index (χ1) is 12.6. The summed E-state index contributed by atoms with van der Waals surface area (Å²) in [5, 5.41) is 16.9. The predicted octanol–water partition coefficient (Wildman–Crippen LogP) is 3.83. The number of benzene rings is 2. The summed E-state index contributed by atoms with van der Waals surface area (Å²) in [6, 6.07) is 17.6. The fourth-order valence-corrected chi connectivity index (χ4v) is 3.63. The van der Waals surface area contributed by atoms with Gasteiger partial charge in [0, 0.05) is 17.9 Å². The highest BCUT2D eigenvalue weighted by Gasteiger charge is 2.32. The van der Waals surface area contributed by atoms with Crippen molar-refractivity contribution in [1.29, 1.82) is 5.26 Å². The van der Waals surface area contributed by atoms with Crippen LogP contribution in [0.15, 0.2) is 48.5 Å². The number of nitrogens with one attached hydrogen (secondary N) is 1. The monoisotopic (exact) mass is 342 g/mol. The van der Waals surface area contributed by atoms with Crippen LogP contribution in [0.2, 0.25) is 0 Å². The van der Waals surface area contributed by atoms with Crippen LogP contribution in [-0.4, -0.2) is 15.7 Å². The SMILES string of the molecule is Cc1ccccc1-n1nc(C)c2c1NC(=O)C[C@H]2c1cccc(C#N)c1. The van der Waals surface area contributed by atoms with Crippen LogP contribution in [-0.2, 0) is 4.79 Å². The van der Waals surface area contributed by atoms with Gasteiger partial charge >= 0.3 is 0 Å². The van der Waals surface area contributed by atoms with Crippen molar-refractivity contribution >= 4 is 11.7 Å². The summed E-state index contributed by atoms with van der Waals surface area (Å²) < 4.78 is 1.82. The van der Waals surface area contributed by atoms with E-state index in [9.17, 15) is 10.1 Å². The number of nitrogens with zero attached hydrogens (tertiary/aromatic N) is 3. The molecule has 1 aromatic heterocycles. The maximum Gasteiger partial charge on any atom is 0.226 e. The lowest BCUT2D eigenvalue weighted by Gasteiger charge is -2.24. The second-order valence-electron chi connectivity index (χ2n) is 6.59. The maximum absolute atomic E-state index is 12.4. The molecule has 2 aromatic carbocycles. The van der Waals surface area contributed by atoms with E-state index >= 15 is 0 Å². The second-order valence-corrected chi connectivity index (χ2v) is 6.59. The van der Waals surface area contributed by atoms with Crippen LogP contribution in [0, 0.1) is 25.2 Å². The number of hydrogen-bond donors (Lipinski definition) is 1. The molecular weight excluding hydrogens is 324 g/mol. The van der Waals surface area contributed by atoms with E-state index in [1.165, 1.54) is 0 Å². The van der Waals surface area contributed by atoms with Gasteiger partial charge in [-0.15, -0.1) is 0 Å². The van der Waals surface area contributed by atoms with Gasteiger partial charge in [0.2, 0.25) is 5.91 Å². The number of carbonyl (C=O) groups excluding carboxylic acids is 1. The van der Waals surface area contributed by atoms with Gasteiger partial charge in [-0.1, -0.05) is 30.3 Å². The molecule has 0 radical (unpaired) electrons. The van der Waals surface area contributed by atoms with E-state index in [2.05, 4.69) is 11.4 Å². The van der Waals surface area contributed by atoms with Gasteiger partial charge in [-0.3, -0.25) is 4.79 Å². The Bertz CT molecular complexity index is 1060. The number of aryl methyl sites for hydroxylation is 2. The highest BCUT2D eigenvalue weighted by Crippen LogP contribution is 2.40. The second kappa shape index (κ2) is 6.16. The van der Waals surface area contributed by atoms with E-state index < -0.39 is 0 Å². The lowest BCUT2D eigenvalue weighted by molar-refractivity contribution is -0.116. The molecule has 1 aliphatic rings. The van der Waals surface area contributed by atoms with Crippen molar-refractivity contribution in [3.8, 4) is 11.8 Å². The Morgan fingerprint density at radius 3 is 2.77 bits per heavy atom. The minimum atomic E-state index is -0.107. The first-order valence-corrected chi connectivity index (χ1v) is 8.54. The zero-order valence-corrected chi connectivity index (χ0v) is 14.7. The van der Waals surface area contributed by atoms with Gasteiger partial charge in [0.1, 0.15) is 5.82 Å². The van der Waals surface area contributed by atoms with Crippen LogP contribution >= 0.6 is 0 Å². The summed E-state index contributed by atoms with van der Waals surface area (Å²) in [6.07, 6.45) is 0.349. The fourth-order valence-electron chi connectivity index (χ4n) is 3.63. The van der Waals surface area contributed by atoms with E-state index in [1.54, 1.807) is 6.07 Å². The average Bonchev–Trinajstić information content (AvgIpc) is 2.98. The number of amides is 1. The lowest BCUT2D eigenvalue weighted by Crippen LogP contribution is -2.25. The first-order valence-electron chi connectivity index (χ1n) is 8.54. The highest BCUT2D eigenvalue weighted by atomic mass is 16.1. The Kier molecular flexibility index (Phi) is 3.81. The highest BCUT2D eigenvalue weighted by molar-refractivity contribution is 5.95. The number of rotatable bonds is 2. The van der Waals surface area contributed by atoms with Gasteiger partial charge in [-0.2, -0.15) is 10.4 Å². The van der Waals surface area contributed by atoms with E-state index in [4.69, 9.17) is 5.10 Å². The summed E-state index contributed by atoms with van der Waals surface area (Å²) in [4.78, 5) is 12.4. The summed E-state index contributed by atoms with van der Waals surface area (Å²) >= 11 is 0. The Hall–Kier alpha value is -3.39. The van der Waals surface area contributed by atoms with Crippen LogP contribution < -0.4 is 5.32 Å². The summed E-state index contributed by atoms with van der Waals surface area (Å²) in [5.74, 6) is 0.574. The Morgan fingerprint density at radius 2 is 2.00 bits per heavy atom. The van der Waals surface area contributed by atoms with Crippen LogP contribution in [0.1, 0.15) is 40.3 Å². The largest absolute Gasteiger partial charge is 0.310 e. The summed E-state index contributed by atoms with van der Waals surface area (Å²) in [6.45, 7) is 3.99. The zero-order valence-electron chi connectivity index (χ0n) is 14.7. The van der Waals surface area contributed by atoms with E-state index in [0.29, 0.717) is 12.0 Å². The number of fused-ring (bicyclic) bond motifs is 1. The predicted molar refractivity (Wildman–Crippen MR) is 99.3 cm³/mol. The third-order valence-electron chi connectivity index (χ3n) is 4.86. The molecule has 0 unspecified atom stereocenters. The molecule has 1 aliphatic heterocycles. The minimum absolute atomic E-state index is 0.0420. The molecule has 1 atom stereocenters. The molecule has 0 saturated heterocycles. The molecule has 4 rings (SSSR count). The number of carbonyl (C=O) groups is 1. The Morgan fingerprint density at radius 1 is 1.19 bits per heavy atom. The molecule has 3 aromatic rings. The van der Waals surface area contributed by atoms with Gasteiger partial charge in [-0.25, -0.2) is 4.68 Å². The molecule has 5 heteroatoms. The molecule has 0 aliphatic carbocycles. The van der Waals surface area contributed by atoms with Crippen molar-refractivity contribution in [3.05, 3.63) is 76.5 Å². The van der Waals surface area contributed by atoms with Gasteiger partial charge in [0.15, 0.2) is 0 Å². The normalized spacial score (nSPS) is 15.9.